The van der Waals surface area contributed by atoms with Gasteiger partial charge in [-0.15, -0.1) is 0 Å². The average molecular weight is 220 g/mol. The minimum atomic E-state index is 0.438. The molecule has 0 aliphatic carbocycles. The van der Waals surface area contributed by atoms with Gasteiger partial charge in [-0.2, -0.15) is 0 Å². The normalized spacial score (nSPS) is 20.6. The van der Waals surface area contributed by atoms with E-state index in [-0.39, 0.29) is 0 Å². The van der Waals surface area contributed by atoms with Crippen LogP contribution in [0.1, 0.15) is 50.4 Å². The quantitative estimate of drug-likeness (QED) is 0.782. The first-order chi connectivity index (χ1) is 7.75. The standard InChI is InChI=1S/C13H20N2O/c1-10(2)11-8-14-13(15-9-11)6-5-12-4-3-7-16-12/h8-10,12H,3-7H2,1-2H3. The first kappa shape index (κ1) is 11.5. The SMILES string of the molecule is CC(C)c1cnc(CCC2CCCO2)nc1. The maximum atomic E-state index is 5.58. The maximum absolute atomic E-state index is 5.58. The van der Waals surface area contributed by atoms with Crippen molar-refractivity contribution in [2.75, 3.05) is 6.61 Å². The van der Waals surface area contributed by atoms with Gasteiger partial charge in [0.1, 0.15) is 5.82 Å². The van der Waals surface area contributed by atoms with E-state index >= 15 is 0 Å². The highest BCUT2D eigenvalue weighted by Gasteiger charge is 2.15. The van der Waals surface area contributed by atoms with Crippen LogP contribution in [0.25, 0.3) is 0 Å². The molecule has 0 N–H and O–H groups in total. The highest BCUT2D eigenvalue weighted by Crippen LogP contribution is 2.17. The molecule has 1 fully saturated rings. The number of aromatic nitrogens is 2. The zero-order valence-corrected chi connectivity index (χ0v) is 10.1. The summed E-state index contributed by atoms with van der Waals surface area (Å²) in [5.41, 5.74) is 1.21. The van der Waals surface area contributed by atoms with E-state index in [4.69, 9.17) is 4.74 Å². The number of nitrogens with zero attached hydrogens (tertiary/aromatic N) is 2. The van der Waals surface area contributed by atoms with Gasteiger partial charge in [-0.05, 0) is 30.7 Å². The van der Waals surface area contributed by atoms with Crippen molar-refractivity contribution in [1.29, 1.82) is 0 Å². The molecule has 88 valence electrons. The molecule has 3 nitrogen and oxygen atoms in total. The number of hydrogen-bond donors (Lipinski definition) is 0. The van der Waals surface area contributed by atoms with Crippen molar-refractivity contribution in [3.05, 3.63) is 23.8 Å². The van der Waals surface area contributed by atoms with E-state index in [1.165, 1.54) is 18.4 Å². The summed E-state index contributed by atoms with van der Waals surface area (Å²) in [6, 6.07) is 0. The zero-order valence-electron chi connectivity index (χ0n) is 10.1. The Balaban J connectivity index is 1.84. The molecule has 3 heteroatoms. The van der Waals surface area contributed by atoms with Gasteiger partial charge in [-0.1, -0.05) is 13.8 Å². The molecule has 0 saturated carbocycles. The van der Waals surface area contributed by atoms with E-state index in [2.05, 4.69) is 23.8 Å². The number of ether oxygens (including phenoxy) is 1. The summed E-state index contributed by atoms with van der Waals surface area (Å²) in [6.45, 7) is 5.24. The van der Waals surface area contributed by atoms with Crippen molar-refractivity contribution in [1.82, 2.24) is 9.97 Å². The van der Waals surface area contributed by atoms with Crippen LogP contribution in [0.3, 0.4) is 0 Å². The fraction of sp³-hybridized carbons (Fsp3) is 0.692. The number of aryl methyl sites for hydroxylation is 1. The summed E-state index contributed by atoms with van der Waals surface area (Å²) >= 11 is 0. The third-order valence-corrected chi connectivity index (χ3v) is 3.11. The van der Waals surface area contributed by atoms with E-state index in [9.17, 15) is 0 Å². The summed E-state index contributed by atoms with van der Waals surface area (Å²) in [5.74, 6) is 1.45. The molecule has 1 saturated heterocycles. The lowest BCUT2D eigenvalue weighted by atomic mass is 10.1. The van der Waals surface area contributed by atoms with Crippen molar-refractivity contribution in [2.24, 2.45) is 0 Å². The van der Waals surface area contributed by atoms with Crippen LogP contribution in [-0.4, -0.2) is 22.7 Å². The van der Waals surface area contributed by atoms with Crippen LogP contribution < -0.4 is 0 Å². The highest BCUT2D eigenvalue weighted by molar-refractivity contribution is 5.09. The summed E-state index contributed by atoms with van der Waals surface area (Å²) in [7, 11) is 0. The minimum Gasteiger partial charge on any atom is -0.378 e. The van der Waals surface area contributed by atoms with E-state index in [0.717, 1.165) is 25.3 Å². The Morgan fingerprint density at radius 2 is 2.12 bits per heavy atom. The Labute approximate surface area is 97.3 Å². The maximum Gasteiger partial charge on any atom is 0.128 e. The lowest BCUT2D eigenvalue weighted by Crippen LogP contribution is -2.08. The Bertz CT molecular complexity index is 315. The lowest BCUT2D eigenvalue weighted by molar-refractivity contribution is 0.104. The first-order valence-corrected chi connectivity index (χ1v) is 6.18. The van der Waals surface area contributed by atoms with Crippen LogP contribution in [0.5, 0.6) is 0 Å². The van der Waals surface area contributed by atoms with Crippen LogP contribution in [-0.2, 0) is 11.2 Å². The van der Waals surface area contributed by atoms with Gasteiger partial charge in [-0.3, -0.25) is 0 Å². The van der Waals surface area contributed by atoms with Gasteiger partial charge in [0.15, 0.2) is 0 Å². The van der Waals surface area contributed by atoms with Crippen LogP contribution in [0.2, 0.25) is 0 Å². The van der Waals surface area contributed by atoms with Gasteiger partial charge >= 0.3 is 0 Å². The highest BCUT2D eigenvalue weighted by atomic mass is 16.5. The van der Waals surface area contributed by atoms with Crippen molar-refractivity contribution in [3.63, 3.8) is 0 Å². The lowest BCUT2D eigenvalue weighted by Gasteiger charge is -2.08. The van der Waals surface area contributed by atoms with Crippen LogP contribution in [0.15, 0.2) is 12.4 Å². The molecule has 2 heterocycles. The van der Waals surface area contributed by atoms with Crippen LogP contribution >= 0.6 is 0 Å². The minimum absolute atomic E-state index is 0.438. The molecule has 1 aromatic heterocycles. The molecule has 2 rings (SSSR count). The smallest absolute Gasteiger partial charge is 0.128 e. The predicted octanol–water partition coefficient (Wildman–Crippen LogP) is 2.71. The predicted molar refractivity (Wildman–Crippen MR) is 63.4 cm³/mol. The summed E-state index contributed by atoms with van der Waals surface area (Å²) in [6.07, 6.45) is 8.73. The van der Waals surface area contributed by atoms with E-state index in [1.54, 1.807) is 0 Å². The molecule has 16 heavy (non-hydrogen) atoms. The molecule has 0 aromatic carbocycles. The van der Waals surface area contributed by atoms with Gasteiger partial charge in [-0.25, -0.2) is 9.97 Å². The summed E-state index contributed by atoms with van der Waals surface area (Å²) < 4.78 is 5.58. The van der Waals surface area contributed by atoms with Gasteiger partial charge < -0.3 is 4.74 Å². The Morgan fingerprint density at radius 3 is 2.69 bits per heavy atom. The molecule has 0 amide bonds. The third-order valence-electron chi connectivity index (χ3n) is 3.11. The molecule has 1 atom stereocenters. The fourth-order valence-corrected chi connectivity index (χ4v) is 1.95. The van der Waals surface area contributed by atoms with Crippen molar-refractivity contribution >= 4 is 0 Å². The fourth-order valence-electron chi connectivity index (χ4n) is 1.95. The average Bonchev–Trinajstić information content (AvgIpc) is 2.80. The monoisotopic (exact) mass is 220 g/mol. The second-order valence-electron chi connectivity index (χ2n) is 4.76. The van der Waals surface area contributed by atoms with Crippen molar-refractivity contribution in [2.45, 2.75) is 51.6 Å². The van der Waals surface area contributed by atoms with Gasteiger partial charge in [0.05, 0.1) is 6.10 Å². The Hall–Kier alpha value is -0.960. The van der Waals surface area contributed by atoms with Crippen LogP contribution in [0.4, 0.5) is 0 Å². The second-order valence-corrected chi connectivity index (χ2v) is 4.76. The number of hydrogen-bond acceptors (Lipinski definition) is 3. The topological polar surface area (TPSA) is 35.0 Å². The number of rotatable bonds is 4. The van der Waals surface area contributed by atoms with Gasteiger partial charge in [0, 0.05) is 25.4 Å². The summed E-state index contributed by atoms with van der Waals surface area (Å²) in [5, 5.41) is 0. The van der Waals surface area contributed by atoms with Crippen LogP contribution in [0, 0.1) is 0 Å². The van der Waals surface area contributed by atoms with Crippen molar-refractivity contribution < 1.29 is 4.74 Å². The van der Waals surface area contributed by atoms with E-state index in [0.29, 0.717) is 12.0 Å². The first-order valence-electron chi connectivity index (χ1n) is 6.18. The molecular weight excluding hydrogens is 200 g/mol. The zero-order chi connectivity index (χ0) is 11.4. The molecule has 0 spiro atoms. The van der Waals surface area contributed by atoms with E-state index in [1.807, 2.05) is 12.4 Å². The molecular formula is C13H20N2O. The Morgan fingerprint density at radius 1 is 1.38 bits per heavy atom. The van der Waals surface area contributed by atoms with E-state index < -0.39 is 0 Å². The van der Waals surface area contributed by atoms with Crippen molar-refractivity contribution in [3.8, 4) is 0 Å². The van der Waals surface area contributed by atoms with Gasteiger partial charge in [0.2, 0.25) is 0 Å². The van der Waals surface area contributed by atoms with Gasteiger partial charge in [0.25, 0.3) is 0 Å². The second kappa shape index (κ2) is 5.39. The Kier molecular flexibility index (Phi) is 3.88. The summed E-state index contributed by atoms with van der Waals surface area (Å²) in [4.78, 5) is 8.79. The molecule has 1 aromatic rings. The third kappa shape index (κ3) is 3.01. The largest absolute Gasteiger partial charge is 0.378 e. The molecule has 1 aliphatic rings. The molecule has 0 radical (unpaired) electrons. The molecule has 1 unspecified atom stereocenters. The molecule has 0 bridgehead atoms. The molecule has 1 aliphatic heterocycles.